The molecule has 0 N–H and O–H groups in total. The monoisotopic (exact) mass is 276 g/mol. The van der Waals surface area contributed by atoms with Crippen molar-refractivity contribution in [1.29, 1.82) is 0 Å². The Morgan fingerprint density at radius 1 is 0.900 bits per heavy atom. The second-order valence-electron chi connectivity index (χ2n) is 7.45. The highest BCUT2D eigenvalue weighted by Crippen LogP contribution is 2.44. The summed E-state index contributed by atoms with van der Waals surface area (Å²) in [6.07, 6.45) is 3.86. The summed E-state index contributed by atoms with van der Waals surface area (Å²) in [6.45, 7) is 18.2. The molecule has 0 heterocycles. The van der Waals surface area contributed by atoms with E-state index in [0.717, 1.165) is 0 Å². The smallest absolute Gasteiger partial charge is 0.0108 e. The lowest BCUT2D eigenvalue weighted by Crippen LogP contribution is -2.25. The maximum atomic E-state index is 2.41. The predicted molar refractivity (Wildman–Crippen MR) is 93.3 cm³/mol. The van der Waals surface area contributed by atoms with Gasteiger partial charge in [0.25, 0.3) is 0 Å². The number of hydrogen-bond donors (Lipinski definition) is 0. The fourth-order valence-corrected chi connectivity index (χ4v) is 2.94. The van der Waals surface area contributed by atoms with Crippen LogP contribution < -0.4 is 0 Å². The molecule has 0 heteroatoms. The fourth-order valence-electron chi connectivity index (χ4n) is 2.94. The number of benzene rings is 1. The Kier molecular flexibility index (Phi) is 8.16. The third-order valence-corrected chi connectivity index (χ3v) is 3.93. The molecule has 20 heavy (non-hydrogen) atoms. The largest absolute Gasteiger partial charge is 0.0683 e. The molecular weight excluding hydrogens is 240 g/mol. The number of hydrogen-bond acceptors (Lipinski definition) is 0. The molecule has 0 aliphatic rings. The van der Waals surface area contributed by atoms with E-state index in [0.29, 0.717) is 16.7 Å². The first-order valence-corrected chi connectivity index (χ1v) is 8.31. The van der Waals surface area contributed by atoms with Crippen molar-refractivity contribution >= 4 is 0 Å². The Balaban J connectivity index is 0.00000172. The van der Waals surface area contributed by atoms with E-state index in [1.54, 1.807) is 0 Å². The van der Waals surface area contributed by atoms with Crippen LogP contribution in [-0.4, -0.2) is 0 Å². The van der Waals surface area contributed by atoms with Crippen LogP contribution in [0.5, 0.6) is 0 Å². The molecule has 1 aromatic carbocycles. The van der Waals surface area contributed by atoms with Crippen molar-refractivity contribution in [3.8, 4) is 0 Å². The molecule has 0 saturated carbocycles. The lowest BCUT2D eigenvalue weighted by atomic mass is 9.67. The topological polar surface area (TPSA) is 0 Å². The van der Waals surface area contributed by atoms with Gasteiger partial charge in [0.2, 0.25) is 0 Å². The van der Waals surface area contributed by atoms with Crippen molar-refractivity contribution in [3.05, 3.63) is 35.9 Å². The zero-order valence-corrected chi connectivity index (χ0v) is 15.1. The van der Waals surface area contributed by atoms with Crippen LogP contribution in [0.3, 0.4) is 0 Å². The van der Waals surface area contributed by atoms with Crippen LogP contribution >= 0.6 is 0 Å². The molecule has 1 atom stereocenters. The molecule has 0 spiro atoms. The third-order valence-electron chi connectivity index (χ3n) is 3.93. The van der Waals surface area contributed by atoms with E-state index >= 15 is 0 Å². The summed E-state index contributed by atoms with van der Waals surface area (Å²) in [6, 6.07) is 11.0. The van der Waals surface area contributed by atoms with E-state index in [-0.39, 0.29) is 0 Å². The van der Waals surface area contributed by atoms with Gasteiger partial charge in [0.15, 0.2) is 0 Å². The highest BCUT2D eigenvalue weighted by molar-refractivity contribution is 5.21. The Bertz CT molecular complexity index is 340. The van der Waals surface area contributed by atoms with E-state index in [1.165, 1.54) is 24.8 Å². The molecule has 0 radical (unpaired) electrons. The summed E-state index contributed by atoms with van der Waals surface area (Å²) in [4.78, 5) is 0. The van der Waals surface area contributed by atoms with Gasteiger partial charge in [-0.15, -0.1) is 0 Å². The first-order chi connectivity index (χ1) is 9.26. The molecular formula is C20H36. The average molecular weight is 277 g/mol. The van der Waals surface area contributed by atoms with E-state index < -0.39 is 0 Å². The van der Waals surface area contributed by atoms with Gasteiger partial charge in [-0.05, 0) is 35.2 Å². The van der Waals surface area contributed by atoms with Crippen molar-refractivity contribution in [1.82, 2.24) is 0 Å². The SMILES string of the molecule is CC.CCCC(C)(C)CC(c1ccccc1)C(C)(C)C. The number of rotatable bonds is 5. The molecule has 1 rings (SSSR count). The van der Waals surface area contributed by atoms with Gasteiger partial charge >= 0.3 is 0 Å². The van der Waals surface area contributed by atoms with Crippen molar-refractivity contribution in [3.63, 3.8) is 0 Å². The maximum Gasteiger partial charge on any atom is -0.0108 e. The lowest BCUT2D eigenvalue weighted by Gasteiger charge is -2.37. The fraction of sp³-hybridized carbons (Fsp3) is 0.700. The van der Waals surface area contributed by atoms with Gasteiger partial charge in [0.1, 0.15) is 0 Å². The second-order valence-corrected chi connectivity index (χ2v) is 7.45. The first kappa shape index (κ1) is 19.2. The van der Waals surface area contributed by atoms with Crippen LogP contribution in [0, 0.1) is 10.8 Å². The minimum absolute atomic E-state index is 0.326. The molecule has 1 unspecified atom stereocenters. The summed E-state index contributed by atoms with van der Waals surface area (Å²) >= 11 is 0. The Morgan fingerprint density at radius 3 is 1.80 bits per heavy atom. The van der Waals surface area contributed by atoms with Gasteiger partial charge in [0, 0.05) is 0 Å². The summed E-state index contributed by atoms with van der Waals surface area (Å²) in [5.41, 5.74) is 2.25. The highest BCUT2D eigenvalue weighted by atomic mass is 14.4. The molecule has 0 fully saturated rings. The van der Waals surface area contributed by atoms with Crippen molar-refractivity contribution in [2.24, 2.45) is 10.8 Å². The zero-order valence-electron chi connectivity index (χ0n) is 15.1. The van der Waals surface area contributed by atoms with E-state index in [2.05, 4.69) is 71.9 Å². The second kappa shape index (κ2) is 8.49. The summed E-state index contributed by atoms with van der Waals surface area (Å²) in [7, 11) is 0. The molecule has 0 aromatic heterocycles. The summed E-state index contributed by atoms with van der Waals surface area (Å²) in [5, 5.41) is 0. The summed E-state index contributed by atoms with van der Waals surface area (Å²) in [5.74, 6) is 0.639. The third kappa shape index (κ3) is 6.59. The quantitative estimate of drug-likeness (QED) is 0.540. The van der Waals surface area contributed by atoms with Gasteiger partial charge in [-0.3, -0.25) is 0 Å². The Hall–Kier alpha value is -0.780. The molecule has 0 nitrogen and oxygen atoms in total. The molecule has 1 aromatic rings. The molecule has 0 aliphatic heterocycles. The van der Waals surface area contributed by atoms with Gasteiger partial charge in [-0.25, -0.2) is 0 Å². The van der Waals surface area contributed by atoms with Crippen LogP contribution in [0.1, 0.15) is 86.1 Å². The van der Waals surface area contributed by atoms with Gasteiger partial charge in [-0.1, -0.05) is 92.1 Å². The Labute approximate surface area is 128 Å². The molecule has 116 valence electrons. The standard InChI is InChI=1S/C18H30.C2H6/c1-7-13-18(5,6)14-16(17(2,3)4)15-11-9-8-10-12-15;1-2/h8-12,16H,7,13-14H2,1-6H3;1-2H3. The lowest BCUT2D eigenvalue weighted by molar-refractivity contribution is 0.202. The van der Waals surface area contributed by atoms with Gasteiger partial charge in [0.05, 0.1) is 0 Å². The molecule has 0 aliphatic carbocycles. The van der Waals surface area contributed by atoms with Crippen LogP contribution in [0.25, 0.3) is 0 Å². The van der Waals surface area contributed by atoms with Crippen LogP contribution in [0.2, 0.25) is 0 Å². The summed E-state index contributed by atoms with van der Waals surface area (Å²) < 4.78 is 0. The molecule has 0 saturated heterocycles. The van der Waals surface area contributed by atoms with Crippen molar-refractivity contribution < 1.29 is 0 Å². The average Bonchev–Trinajstić information content (AvgIpc) is 2.38. The molecule has 0 amide bonds. The Morgan fingerprint density at radius 2 is 1.40 bits per heavy atom. The van der Waals surface area contributed by atoms with E-state index in [9.17, 15) is 0 Å². The van der Waals surface area contributed by atoms with Crippen molar-refractivity contribution in [2.75, 3.05) is 0 Å². The van der Waals surface area contributed by atoms with Crippen LogP contribution in [0.15, 0.2) is 30.3 Å². The predicted octanol–water partition coefficient (Wildman–Crippen LogP) is 7.06. The van der Waals surface area contributed by atoms with E-state index in [1.807, 2.05) is 13.8 Å². The van der Waals surface area contributed by atoms with Gasteiger partial charge < -0.3 is 0 Å². The van der Waals surface area contributed by atoms with Crippen LogP contribution in [0.4, 0.5) is 0 Å². The molecule has 0 bridgehead atoms. The van der Waals surface area contributed by atoms with Crippen molar-refractivity contribution in [2.45, 2.75) is 80.6 Å². The first-order valence-electron chi connectivity index (χ1n) is 8.31. The minimum atomic E-state index is 0.326. The van der Waals surface area contributed by atoms with Crippen LogP contribution in [-0.2, 0) is 0 Å². The maximum absolute atomic E-state index is 2.41. The normalized spacial score (nSPS) is 13.4. The van der Waals surface area contributed by atoms with Gasteiger partial charge in [-0.2, -0.15) is 0 Å². The minimum Gasteiger partial charge on any atom is -0.0683 e. The zero-order chi connectivity index (χ0) is 15.8. The highest BCUT2D eigenvalue weighted by Gasteiger charge is 2.31. The van der Waals surface area contributed by atoms with E-state index in [4.69, 9.17) is 0 Å².